The molecule has 0 aromatic rings. The van der Waals surface area contributed by atoms with Crippen LogP contribution in [0.25, 0.3) is 0 Å². The highest BCUT2D eigenvalue weighted by molar-refractivity contribution is 5.99. The SMILES string of the molecule is C/C=C/C[C@@H](C)[C@H](O)C(C(=O)N[C@H](CC)C(=O)N(C)CC(=O)N(C)[C@@H](C(N)=O)C(C)CC)N(C)C(=O)[C@H](C(C)C)N(C)C(=O)[C@@H](CC(C)C)N(C)C(=O)[C@H](CC(C)C)N(C)C(=O)[C@H](C)NC(=O)[C@@H](CC(C)C)NC(=O)[C@H](C)N(C)C(=O)[C@H](C)C(C)C. The Balaban J connectivity index is 7.15. The van der Waals surface area contributed by atoms with Crippen LogP contribution in [0, 0.1) is 47.3 Å². The maximum absolute atomic E-state index is 15.1. The minimum atomic E-state index is -1.60. The fourth-order valence-electron chi connectivity index (χ4n) is 10.4. The van der Waals surface area contributed by atoms with Crippen LogP contribution < -0.4 is 21.7 Å². The van der Waals surface area contributed by atoms with E-state index in [1.54, 1.807) is 74.6 Å². The number of carbonyl (C=O) groups is 11. The number of hydrogen-bond acceptors (Lipinski definition) is 12. The van der Waals surface area contributed by atoms with Gasteiger partial charge in [0.2, 0.25) is 65.0 Å². The van der Waals surface area contributed by atoms with Crippen molar-refractivity contribution in [2.75, 3.05) is 55.9 Å². The van der Waals surface area contributed by atoms with Crippen molar-refractivity contribution in [1.29, 1.82) is 0 Å². The van der Waals surface area contributed by atoms with Gasteiger partial charge in [0.1, 0.15) is 54.4 Å². The highest BCUT2D eigenvalue weighted by Gasteiger charge is 2.45. The summed E-state index contributed by atoms with van der Waals surface area (Å²) >= 11 is 0. The van der Waals surface area contributed by atoms with E-state index >= 15 is 9.59 Å². The van der Waals surface area contributed by atoms with Crippen molar-refractivity contribution in [3.05, 3.63) is 12.2 Å². The number of aliphatic hydroxyl groups is 1. The third kappa shape index (κ3) is 22.9. The number of amides is 11. The Hall–Kier alpha value is -6.13. The molecule has 23 heteroatoms. The molecule has 13 atom stereocenters. The Kier molecular flexibility index (Phi) is 34.3. The zero-order chi connectivity index (χ0) is 67.3. The number of nitrogens with zero attached hydrogens (tertiary/aromatic N) is 7. The Morgan fingerprint density at radius 1 is 0.465 bits per heavy atom. The molecular formula is C63H115N11O12. The van der Waals surface area contributed by atoms with Crippen LogP contribution in [0.1, 0.15) is 163 Å². The Morgan fingerprint density at radius 2 is 0.930 bits per heavy atom. The molecule has 2 unspecified atom stereocenters. The standard InChI is InChI=1S/C63H115N11O12/c1-26-29-30-41(15)53(76)52(57(80)66-45(28-3)60(83)68(19)34-49(75)72(23)51(54(64)77)40(14)27-2)74(25)63(86)50(39(12)13)73(24)62(85)48(33-37(8)9)71(22)61(84)47(32-36(6)7)70(21)59(82)43(17)65-56(79)46(31-35(4)5)67-55(78)44(18)69(20)58(81)42(16)38(10)11/h26,29,35-48,50-53,76H,27-28,30-34H2,1-25H3,(H2,64,77)(H,65,79)(H,66,80)(H,67,78)/b29-26+/t40?,41-,42-,43+,44+,45-,46-,47+,48-,50+,51-,52?,53+/m1/s1. The van der Waals surface area contributed by atoms with Crippen LogP contribution in [0.3, 0.4) is 0 Å². The molecule has 0 saturated heterocycles. The van der Waals surface area contributed by atoms with E-state index in [0.29, 0.717) is 12.8 Å². The van der Waals surface area contributed by atoms with E-state index in [1.807, 2.05) is 62.3 Å². The van der Waals surface area contributed by atoms with E-state index in [-0.39, 0.29) is 67.1 Å². The summed E-state index contributed by atoms with van der Waals surface area (Å²) in [5.41, 5.74) is 5.66. The summed E-state index contributed by atoms with van der Waals surface area (Å²) in [6.07, 6.45) is 3.55. The van der Waals surface area contributed by atoms with Crippen LogP contribution in [-0.4, -0.2) is 221 Å². The third-order valence-corrected chi connectivity index (χ3v) is 16.7. The zero-order valence-corrected chi connectivity index (χ0v) is 57.1. The van der Waals surface area contributed by atoms with E-state index in [0.717, 1.165) is 9.80 Å². The van der Waals surface area contributed by atoms with Gasteiger partial charge in [-0.15, -0.1) is 0 Å². The molecule has 0 aromatic heterocycles. The number of aliphatic hydroxyl groups excluding tert-OH is 1. The van der Waals surface area contributed by atoms with Crippen LogP contribution in [0.5, 0.6) is 0 Å². The van der Waals surface area contributed by atoms with Gasteiger partial charge in [0.15, 0.2) is 0 Å². The van der Waals surface area contributed by atoms with Crippen molar-refractivity contribution in [3.8, 4) is 0 Å². The maximum atomic E-state index is 15.1. The molecule has 0 spiro atoms. The maximum Gasteiger partial charge on any atom is 0.246 e. The summed E-state index contributed by atoms with van der Waals surface area (Å²) in [7, 11) is 10.1. The molecule has 0 bridgehead atoms. The smallest absolute Gasteiger partial charge is 0.246 e. The monoisotopic (exact) mass is 1220 g/mol. The van der Waals surface area contributed by atoms with Gasteiger partial charge in [0.25, 0.3) is 0 Å². The van der Waals surface area contributed by atoms with Crippen LogP contribution in [0.2, 0.25) is 0 Å². The number of carbonyl (C=O) groups excluding carboxylic acids is 11. The molecule has 494 valence electrons. The van der Waals surface area contributed by atoms with Crippen molar-refractivity contribution in [3.63, 3.8) is 0 Å². The van der Waals surface area contributed by atoms with E-state index in [4.69, 9.17) is 5.73 Å². The molecule has 0 heterocycles. The molecule has 6 N–H and O–H groups in total. The van der Waals surface area contributed by atoms with Crippen molar-refractivity contribution in [1.82, 2.24) is 50.2 Å². The number of nitrogens with one attached hydrogen (secondary N) is 3. The first-order valence-electron chi connectivity index (χ1n) is 30.9. The van der Waals surface area contributed by atoms with Gasteiger partial charge >= 0.3 is 0 Å². The molecule has 11 amide bonds. The topological polar surface area (TPSA) is 293 Å². The van der Waals surface area contributed by atoms with Crippen molar-refractivity contribution < 1.29 is 57.8 Å². The number of primary amides is 1. The molecule has 0 saturated carbocycles. The van der Waals surface area contributed by atoms with Gasteiger partial charge < -0.3 is 61.1 Å². The zero-order valence-electron chi connectivity index (χ0n) is 57.1. The van der Waals surface area contributed by atoms with E-state index < -0.39 is 138 Å². The van der Waals surface area contributed by atoms with Gasteiger partial charge in [-0.25, -0.2) is 0 Å². The van der Waals surface area contributed by atoms with Crippen molar-refractivity contribution in [2.45, 2.75) is 224 Å². The molecule has 0 rings (SSSR count). The van der Waals surface area contributed by atoms with E-state index in [9.17, 15) is 48.3 Å². The number of hydrogen-bond donors (Lipinski definition) is 5. The van der Waals surface area contributed by atoms with Gasteiger partial charge in [0, 0.05) is 55.3 Å². The van der Waals surface area contributed by atoms with E-state index in [1.165, 1.54) is 73.7 Å². The third-order valence-electron chi connectivity index (χ3n) is 16.7. The molecule has 0 aliphatic carbocycles. The van der Waals surface area contributed by atoms with Crippen molar-refractivity contribution >= 4 is 65.0 Å². The Morgan fingerprint density at radius 3 is 1.36 bits per heavy atom. The Bertz CT molecular complexity index is 2310. The predicted molar refractivity (Wildman–Crippen MR) is 335 cm³/mol. The minimum Gasteiger partial charge on any atom is -0.390 e. The van der Waals surface area contributed by atoms with Gasteiger partial charge in [-0.2, -0.15) is 0 Å². The fraction of sp³-hybridized carbons (Fsp3) is 0.794. The Labute approximate surface area is 516 Å². The lowest BCUT2D eigenvalue weighted by Crippen LogP contribution is -2.63. The van der Waals surface area contributed by atoms with Crippen LogP contribution in [0.4, 0.5) is 0 Å². The highest BCUT2D eigenvalue weighted by atomic mass is 16.3. The lowest BCUT2D eigenvalue weighted by atomic mass is 9.91. The first-order valence-corrected chi connectivity index (χ1v) is 30.9. The molecular weight excluding hydrogens is 1100 g/mol. The number of likely N-dealkylation sites (N-methyl/N-ethyl adjacent to an activating group) is 7. The average molecular weight is 1220 g/mol. The molecule has 0 aliphatic heterocycles. The molecule has 0 aliphatic rings. The predicted octanol–water partition coefficient (Wildman–Crippen LogP) is 3.89. The quantitative estimate of drug-likeness (QED) is 0.0559. The molecule has 23 nitrogen and oxygen atoms in total. The van der Waals surface area contributed by atoms with Gasteiger partial charge in [-0.05, 0) is 94.3 Å². The summed E-state index contributed by atoms with van der Waals surface area (Å²) in [5.74, 6) is -8.80. The molecule has 0 fully saturated rings. The molecule has 0 radical (unpaired) electrons. The molecule has 86 heavy (non-hydrogen) atoms. The largest absolute Gasteiger partial charge is 0.390 e. The van der Waals surface area contributed by atoms with Crippen LogP contribution in [0.15, 0.2) is 12.2 Å². The van der Waals surface area contributed by atoms with Gasteiger partial charge in [-0.3, -0.25) is 52.7 Å². The molecule has 0 aromatic carbocycles. The van der Waals surface area contributed by atoms with Gasteiger partial charge in [0.05, 0.1) is 12.6 Å². The van der Waals surface area contributed by atoms with Crippen LogP contribution >= 0.6 is 0 Å². The van der Waals surface area contributed by atoms with E-state index in [2.05, 4.69) is 16.0 Å². The normalized spacial score (nSPS) is 16.3. The summed E-state index contributed by atoms with van der Waals surface area (Å²) in [6.45, 7) is 31.7. The average Bonchev–Trinajstić information content (AvgIpc) is 3.53. The van der Waals surface area contributed by atoms with Crippen molar-refractivity contribution in [2.24, 2.45) is 53.1 Å². The first-order chi connectivity index (χ1) is 39.6. The summed E-state index contributed by atoms with van der Waals surface area (Å²) in [4.78, 5) is 163. The second-order valence-corrected chi connectivity index (χ2v) is 26.0. The second-order valence-electron chi connectivity index (χ2n) is 26.0. The summed E-state index contributed by atoms with van der Waals surface area (Å²) in [5, 5.41) is 20.3. The minimum absolute atomic E-state index is 0.0402. The summed E-state index contributed by atoms with van der Waals surface area (Å²) in [6, 6.07) is -10.4. The summed E-state index contributed by atoms with van der Waals surface area (Å²) < 4.78 is 0. The second kappa shape index (κ2) is 36.9. The lowest BCUT2D eigenvalue weighted by molar-refractivity contribution is -0.157. The van der Waals surface area contributed by atoms with Crippen LogP contribution in [-0.2, 0) is 52.7 Å². The lowest BCUT2D eigenvalue weighted by Gasteiger charge is -2.41. The first kappa shape index (κ1) is 79.9. The fourth-order valence-corrected chi connectivity index (χ4v) is 10.4. The number of rotatable bonds is 36. The highest BCUT2D eigenvalue weighted by Crippen LogP contribution is 2.25. The number of allylic oxidation sites excluding steroid dienone is 2. The number of nitrogens with two attached hydrogens (primary N) is 1. The van der Waals surface area contributed by atoms with Gasteiger partial charge in [-0.1, -0.05) is 122 Å².